The molecule has 1 heterocycles. The number of methoxy groups -OCH3 is 1. The third-order valence-corrected chi connectivity index (χ3v) is 3.94. The molecule has 0 spiro atoms. The van der Waals surface area contributed by atoms with Crippen LogP contribution in [0.25, 0.3) is 22.7 Å². The molecule has 0 aliphatic rings. The van der Waals surface area contributed by atoms with E-state index in [1.54, 1.807) is 24.3 Å². The number of aromatic nitrogens is 2. The van der Waals surface area contributed by atoms with E-state index in [-0.39, 0.29) is 11.3 Å². The Morgan fingerprint density at radius 2 is 2.07 bits per heavy atom. The van der Waals surface area contributed by atoms with Gasteiger partial charge in [-0.3, -0.25) is 0 Å². The van der Waals surface area contributed by atoms with Crippen molar-refractivity contribution < 1.29 is 19.4 Å². The molecule has 3 aromatic rings. The normalized spacial score (nSPS) is 12.4. The summed E-state index contributed by atoms with van der Waals surface area (Å²) in [5, 5.41) is 18.7. The van der Waals surface area contributed by atoms with E-state index in [0.717, 1.165) is 11.0 Å². The van der Waals surface area contributed by atoms with Crippen LogP contribution in [0.2, 0.25) is 0 Å². The van der Waals surface area contributed by atoms with E-state index in [1.165, 1.54) is 14.0 Å². The minimum Gasteiger partial charge on any atom is -0.493 e. The highest BCUT2D eigenvalue weighted by atomic mass is 16.5. The first-order chi connectivity index (χ1) is 13.0. The van der Waals surface area contributed by atoms with Crippen molar-refractivity contribution in [1.29, 1.82) is 5.26 Å². The van der Waals surface area contributed by atoms with Crippen LogP contribution in [0.1, 0.15) is 18.3 Å². The number of aliphatic carboxylic acids is 1. The zero-order valence-electron chi connectivity index (χ0n) is 14.8. The first kappa shape index (κ1) is 18.0. The van der Waals surface area contributed by atoms with E-state index in [0.29, 0.717) is 17.1 Å². The number of para-hydroxylation sites is 3. The molecule has 27 heavy (non-hydrogen) atoms. The molecule has 7 nitrogen and oxygen atoms in total. The largest absolute Gasteiger partial charge is 0.493 e. The van der Waals surface area contributed by atoms with Crippen LogP contribution in [0.15, 0.2) is 42.5 Å². The first-order valence-electron chi connectivity index (χ1n) is 8.17. The van der Waals surface area contributed by atoms with Gasteiger partial charge in [-0.25, -0.2) is 9.78 Å². The van der Waals surface area contributed by atoms with E-state index in [4.69, 9.17) is 14.6 Å². The SMILES string of the molecule is COc1cccc(C=C(C#N)c2nc3ccccc3[nH]2)c1OC(C)C(=O)O. The lowest BCUT2D eigenvalue weighted by Crippen LogP contribution is -2.23. The third-order valence-electron chi connectivity index (χ3n) is 3.94. The summed E-state index contributed by atoms with van der Waals surface area (Å²) in [6.45, 7) is 1.42. The van der Waals surface area contributed by atoms with Gasteiger partial charge in [0.1, 0.15) is 11.9 Å². The zero-order valence-corrected chi connectivity index (χ0v) is 14.8. The lowest BCUT2D eigenvalue weighted by atomic mass is 10.1. The van der Waals surface area contributed by atoms with Gasteiger partial charge in [0, 0.05) is 5.56 Å². The molecule has 0 amide bonds. The van der Waals surface area contributed by atoms with Crippen molar-refractivity contribution in [3.05, 3.63) is 53.9 Å². The topological polar surface area (TPSA) is 108 Å². The lowest BCUT2D eigenvalue weighted by molar-refractivity contribution is -0.144. The van der Waals surface area contributed by atoms with Crippen LogP contribution in [0.3, 0.4) is 0 Å². The molecule has 1 unspecified atom stereocenters. The summed E-state index contributed by atoms with van der Waals surface area (Å²) in [5.41, 5.74) is 2.36. The molecule has 3 rings (SSSR count). The molecule has 1 aromatic heterocycles. The van der Waals surface area contributed by atoms with E-state index in [9.17, 15) is 10.1 Å². The predicted octanol–water partition coefficient (Wildman–Crippen LogP) is 3.49. The van der Waals surface area contributed by atoms with Gasteiger partial charge in [-0.05, 0) is 31.2 Å². The monoisotopic (exact) mass is 363 g/mol. The molecule has 2 aromatic carbocycles. The number of allylic oxidation sites excluding steroid dienone is 1. The second-order valence-electron chi connectivity index (χ2n) is 5.75. The van der Waals surface area contributed by atoms with Crippen LogP contribution >= 0.6 is 0 Å². The summed E-state index contributed by atoms with van der Waals surface area (Å²) in [4.78, 5) is 18.7. The van der Waals surface area contributed by atoms with Crippen LogP contribution in [0.5, 0.6) is 11.5 Å². The summed E-state index contributed by atoms with van der Waals surface area (Å²) >= 11 is 0. The smallest absolute Gasteiger partial charge is 0.344 e. The highest BCUT2D eigenvalue weighted by Gasteiger charge is 2.19. The Kier molecular flexibility index (Phi) is 5.08. The summed E-state index contributed by atoms with van der Waals surface area (Å²) < 4.78 is 10.8. The molecule has 0 aliphatic heterocycles. The molecule has 0 radical (unpaired) electrons. The van der Waals surface area contributed by atoms with E-state index in [2.05, 4.69) is 16.0 Å². The van der Waals surface area contributed by atoms with Crippen molar-refractivity contribution >= 4 is 28.7 Å². The Labute approximate surface area is 155 Å². The van der Waals surface area contributed by atoms with Crippen molar-refractivity contribution in [3.63, 3.8) is 0 Å². The fourth-order valence-corrected chi connectivity index (χ4v) is 2.55. The predicted molar refractivity (Wildman–Crippen MR) is 100 cm³/mol. The molecule has 0 bridgehead atoms. The highest BCUT2D eigenvalue weighted by Crippen LogP contribution is 2.34. The van der Waals surface area contributed by atoms with Crippen LogP contribution in [0, 0.1) is 11.3 Å². The molecule has 0 fully saturated rings. The van der Waals surface area contributed by atoms with Crippen molar-refractivity contribution in [1.82, 2.24) is 9.97 Å². The van der Waals surface area contributed by atoms with Gasteiger partial charge in [-0.15, -0.1) is 0 Å². The molecule has 0 aliphatic carbocycles. The minimum absolute atomic E-state index is 0.249. The van der Waals surface area contributed by atoms with E-state index >= 15 is 0 Å². The number of rotatable bonds is 6. The maximum absolute atomic E-state index is 11.2. The molecular weight excluding hydrogens is 346 g/mol. The van der Waals surface area contributed by atoms with Gasteiger partial charge in [0.2, 0.25) is 0 Å². The highest BCUT2D eigenvalue weighted by molar-refractivity contribution is 5.91. The van der Waals surface area contributed by atoms with Crippen molar-refractivity contribution in [2.45, 2.75) is 13.0 Å². The summed E-state index contributed by atoms with van der Waals surface area (Å²) in [6.07, 6.45) is 0.509. The zero-order chi connectivity index (χ0) is 19.4. The number of H-pyrrole nitrogens is 1. The van der Waals surface area contributed by atoms with Crippen LogP contribution in [-0.2, 0) is 4.79 Å². The Balaban J connectivity index is 2.08. The molecule has 136 valence electrons. The van der Waals surface area contributed by atoms with Crippen LogP contribution in [-0.4, -0.2) is 34.3 Å². The van der Waals surface area contributed by atoms with Crippen LogP contribution in [0.4, 0.5) is 0 Å². The number of nitrogens with one attached hydrogen (secondary N) is 1. The molecule has 2 N–H and O–H groups in total. The van der Waals surface area contributed by atoms with E-state index < -0.39 is 12.1 Å². The number of benzene rings is 2. The number of imidazole rings is 1. The maximum Gasteiger partial charge on any atom is 0.344 e. The number of carboxylic acid groups (broad SMARTS) is 1. The molecule has 1 atom stereocenters. The van der Waals surface area contributed by atoms with Gasteiger partial charge in [0.15, 0.2) is 17.6 Å². The molecule has 0 saturated heterocycles. The molecular formula is C20H17N3O4. The first-order valence-corrected chi connectivity index (χ1v) is 8.17. The van der Waals surface area contributed by atoms with Gasteiger partial charge in [-0.2, -0.15) is 5.26 Å². The number of nitrogens with zero attached hydrogens (tertiary/aromatic N) is 2. The van der Waals surface area contributed by atoms with Crippen molar-refractivity contribution in [3.8, 4) is 17.6 Å². The number of fused-ring (bicyclic) bond motifs is 1. The summed E-state index contributed by atoms with van der Waals surface area (Å²) in [6, 6.07) is 14.7. The number of carboxylic acids is 1. The number of ether oxygens (including phenoxy) is 2. The number of hydrogen-bond donors (Lipinski definition) is 2. The van der Waals surface area contributed by atoms with Gasteiger partial charge in [0.25, 0.3) is 0 Å². The fourth-order valence-electron chi connectivity index (χ4n) is 2.55. The average molecular weight is 363 g/mol. The summed E-state index contributed by atoms with van der Waals surface area (Å²) in [5.74, 6) is -0.0649. The lowest BCUT2D eigenvalue weighted by Gasteiger charge is -2.16. The molecule has 0 saturated carbocycles. The standard InChI is InChI=1S/C20H17N3O4/c1-12(20(24)25)27-18-13(6-5-9-17(18)26-2)10-14(11-21)19-22-15-7-3-4-8-16(15)23-19/h3-10,12H,1-2H3,(H,22,23)(H,24,25). The maximum atomic E-state index is 11.2. The minimum atomic E-state index is -1.10. The second kappa shape index (κ2) is 7.62. The third kappa shape index (κ3) is 3.75. The fraction of sp³-hybridized carbons (Fsp3) is 0.150. The van der Waals surface area contributed by atoms with Crippen molar-refractivity contribution in [2.75, 3.05) is 7.11 Å². The van der Waals surface area contributed by atoms with E-state index in [1.807, 2.05) is 24.3 Å². The Bertz CT molecular complexity index is 1030. The number of hydrogen-bond acceptors (Lipinski definition) is 5. The van der Waals surface area contributed by atoms with Gasteiger partial charge < -0.3 is 19.6 Å². The van der Waals surface area contributed by atoms with Gasteiger partial charge >= 0.3 is 5.97 Å². The quantitative estimate of drug-likeness (QED) is 0.649. The average Bonchev–Trinajstić information content (AvgIpc) is 3.10. The number of nitriles is 1. The Hall–Kier alpha value is -3.79. The molecule has 7 heteroatoms. The van der Waals surface area contributed by atoms with Crippen molar-refractivity contribution in [2.24, 2.45) is 0 Å². The van der Waals surface area contributed by atoms with Gasteiger partial charge in [-0.1, -0.05) is 24.3 Å². The number of carbonyl (C=O) groups is 1. The van der Waals surface area contributed by atoms with Crippen LogP contribution < -0.4 is 9.47 Å². The number of aromatic amines is 1. The Morgan fingerprint density at radius 1 is 1.30 bits per heavy atom. The second-order valence-corrected chi connectivity index (χ2v) is 5.75. The Morgan fingerprint density at radius 3 is 2.74 bits per heavy atom. The van der Waals surface area contributed by atoms with Gasteiger partial charge in [0.05, 0.1) is 23.7 Å². The summed E-state index contributed by atoms with van der Waals surface area (Å²) in [7, 11) is 1.46.